The fourth-order valence-corrected chi connectivity index (χ4v) is 3.31. The van der Waals surface area contributed by atoms with Crippen LogP contribution in [0.5, 0.6) is 0 Å². The van der Waals surface area contributed by atoms with Crippen molar-refractivity contribution in [2.45, 2.75) is 6.54 Å². The van der Waals surface area contributed by atoms with E-state index < -0.39 is 0 Å². The second-order valence-electron chi connectivity index (χ2n) is 5.68. The largest absolute Gasteiger partial charge is 0.352 e. The summed E-state index contributed by atoms with van der Waals surface area (Å²) in [5, 5.41) is 7.06. The Hall–Kier alpha value is -2.50. The maximum absolute atomic E-state index is 12.4. The van der Waals surface area contributed by atoms with Gasteiger partial charge < -0.3 is 15.2 Å². The van der Waals surface area contributed by atoms with E-state index in [1.807, 2.05) is 35.0 Å². The number of nitrogens with one attached hydrogen (secondary N) is 2. The lowest BCUT2D eigenvalue weighted by atomic mass is 10.1. The zero-order chi connectivity index (χ0) is 17.4. The number of carbonyl (C=O) groups is 1. The Labute approximate surface area is 154 Å². The van der Waals surface area contributed by atoms with Crippen molar-refractivity contribution in [3.05, 3.63) is 64.7 Å². The molecular formula is C18H14Cl2N4O. The molecule has 25 heavy (non-hydrogen) atoms. The average Bonchev–Trinajstić information content (AvgIpc) is 2.99. The molecule has 1 aromatic carbocycles. The van der Waals surface area contributed by atoms with Crippen LogP contribution in [0.2, 0.25) is 10.0 Å². The molecule has 0 fully saturated rings. The molecule has 0 radical (unpaired) electrons. The number of hydrogen-bond donors (Lipinski definition) is 2. The van der Waals surface area contributed by atoms with Gasteiger partial charge in [-0.2, -0.15) is 0 Å². The standard InChI is InChI=1S/C18H14Cl2N4O/c19-13-2-1-3-14(15(13)20)23-16-12(11-4-6-21-7-5-11)10-24-9-8-22-18(25)17(16)24/h1-7,10,23H,8-9H2,(H,22,25). The van der Waals surface area contributed by atoms with Crippen LogP contribution in [0, 0.1) is 0 Å². The first kappa shape index (κ1) is 16.0. The average molecular weight is 373 g/mol. The van der Waals surface area contributed by atoms with E-state index in [4.69, 9.17) is 23.2 Å². The Kier molecular flexibility index (Phi) is 4.11. The van der Waals surface area contributed by atoms with Gasteiger partial charge in [0.15, 0.2) is 0 Å². The number of hydrogen-bond acceptors (Lipinski definition) is 3. The fraction of sp³-hybridized carbons (Fsp3) is 0.111. The number of aromatic nitrogens is 2. The van der Waals surface area contributed by atoms with Gasteiger partial charge in [0.25, 0.3) is 5.91 Å². The first-order valence-electron chi connectivity index (χ1n) is 7.78. The van der Waals surface area contributed by atoms with Gasteiger partial charge in [-0.25, -0.2) is 0 Å². The molecule has 3 aromatic rings. The van der Waals surface area contributed by atoms with Crippen molar-refractivity contribution in [3.8, 4) is 11.1 Å². The monoisotopic (exact) mass is 372 g/mol. The molecule has 2 aromatic heterocycles. The third-order valence-corrected chi connectivity index (χ3v) is 4.95. The van der Waals surface area contributed by atoms with Gasteiger partial charge in [0, 0.05) is 37.2 Å². The zero-order valence-electron chi connectivity index (χ0n) is 13.1. The summed E-state index contributed by atoms with van der Waals surface area (Å²) in [6.07, 6.45) is 5.43. The predicted molar refractivity (Wildman–Crippen MR) is 99.7 cm³/mol. The van der Waals surface area contributed by atoms with Crippen LogP contribution >= 0.6 is 23.2 Å². The highest BCUT2D eigenvalue weighted by Crippen LogP contribution is 2.39. The van der Waals surface area contributed by atoms with Crippen molar-refractivity contribution in [2.24, 2.45) is 0 Å². The minimum absolute atomic E-state index is 0.118. The quantitative estimate of drug-likeness (QED) is 0.718. The van der Waals surface area contributed by atoms with Crippen molar-refractivity contribution in [1.29, 1.82) is 0 Å². The number of fused-ring (bicyclic) bond motifs is 1. The SMILES string of the molecule is O=C1NCCn2cc(-c3ccncc3)c(Nc3cccc(Cl)c3Cl)c21. The van der Waals surface area contributed by atoms with Crippen LogP contribution in [0.15, 0.2) is 48.9 Å². The minimum Gasteiger partial charge on any atom is -0.352 e. The van der Waals surface area contributed by atoms with Crippen LogP contribution in [0.25, 0.3) is 11.1 Å². The van der Waals surface area contributed by atoms with Gasteiger partial charge in [-0.1, -0.05) is 29.3 Å². The van der Waals surface area contributed by atoms with Crippen molar-refractivity contribution >= 4 is 40.5 Å². The van der Waals surface area contributed by atoms with E-state index in [9.17, 15) is 4.79 Å². The summed E-state index contributed by atoms with van der Waals surface area (Å²) < 4.78 is 1.95. The van der Waals surface area contributed by atoms with E-state index in [1.165, 1.54) is 0 Å². The van der Waals surface area contributed by atoms with Gasteiger partial charge in [-0.3, -0.25) is 9.78 Å². The smallest absolute Gasteiger partial charge is 0.270 e. The molecule has 2 N–H and O–H groups in total. The van der Waals surface area contributed by atoms with Gasteiger partial charge >= 0.3 is 0 Å². The highest BCUT2D eigenvalue weighted by Gasteiger charge is 2.26. The summed E-state index contributed by atoms with van der Waals surface area (Å²) in [6.45, 7) is 1.32. The Morgan fingerprint density at radius 1 is 1.16 bits per heavy atom. The van der Waals surface area contributed by atoms with E-state index in [1.54, 1.807) is 18.5 Å². The molecule has 4 rings (SSSR count). The Bertz CT molecular complexity index is 953. The number of amides is 1. The Morgan fingerprint density at radius 2 is 1.96 bits per heavy atom. The summed E-state index contributed by atoms with van der Waals surface area (Å²) in [4.78, 5) is 16.5. The van der Waals surface area contributed by atoms with Crippen molar-refractivity contribution in [3.63, 3.8) is 0 Å². The highest BCUT2D eigenvalue weighted by atomic mass is 35.5. The lowest BCUT2D eigenvalue weighted by Gasteiger charge is -2.18. The van der Waals surface area contributed by atoms with Crippen LogP contribution in [-0.2, 0) is 6.54 Å². The van der Waals surface area contributed by atoms with Crippen molar-refractivity contribution in [2.75, 3.05) is 11.9 Å². The van der Waals surface area contributed by atoms with E-state index in [0.717, 1.165) is 11.1 Å². The van der Waals surface area contributed by atoms with Crippen molar-refractivity contribution < 1.29 is 4.79 Å². The normalized spacial score (nSPS) is 13.3. The maximum Gasteiger partial charge on any atom is 0.270 e. The summed E-state index contributed by atoms with van der Waals surface area (Å²) in [6, 6.07) is 9.18. The second-order valence-corrected chi connectivity index (χ2v) is 6.46. The molecule has 0 unspecified atom stereocenters. The number of halogens is 2. The molecule has 0 atom stereocenters. The third-order valence-electron chi connectivity index (χ3n) is 4.13. The molecule has 1 aliphatic heterocycles. The Morgan fingerprint density at radius 3 is 2.76 bits per heavy atom. The number of rotatable bonds is 3. The van der Waals surface area contributed by atoms with E-state index in [-0.39, 0.29) is 5.91 Å². The molecule has 0 saturated heterocycles. The molecule has 7 heteroatoms. The van der Waals surface area contributed by atoms with Gasteiger partial charge in [-0.15, -0.1) is 0 Å². The summed E-state index contributed by atoms with van der Waals surface area (Å²) >= 11 is 12.4. The molecule has 1 aliphatic rings. The van der Waals surface area contributed by atoms with E-state index >= 15 is 0 Å². The van der Waals surface area contributed by atoms with E-state index in [2.05, 4.69) is 15.6 Å². The van der Waals surface area contributed by atoms with Gasteiger partial charge in [0.1, 0.15) is 5.69 Å². The van der Waals surface area contributed by atoms with Crippen LogP contribution in [0.4, 0.5) is 11.4 Å². The lowest BCUT2D eigenvalue weighted by Crippen LogP contribution is -2.35. The number of anilines is 2. The van der Waals surface area contributed by atoms with Crippen LogP contribution in [0.1, 0.15) is 10.5 Å². The van der Waals surface area contributed by atoms with Crippen molar-refractivity contribution in [1.82, 2.24) is 14.9 Å². The van der Waals surface area contributed by atoms with Gasteiger partial charge in [0.2, 0.25) is 0 Å². The molecule has 1 amide bonds. The fourth-order valence-electron chi connectivity index (χ4n) is 2.96. The molecule has 0 aliphatic carbocycles. The molecular weight excluding hydrogens is 359 g/mol. The number of benzene rings is 1. The second kappa shape index (κ2) is 6.43. The van der Waals surface area contributed by atoms with Crippen LogP contribution in [-0.4, -0.2) is 22.0 Å². The van der Waals surface area contributed by atoms with Crippen LogP contribution < -0.4 is 10.6 Å². The van der Waals surface area contributed by atoms with Crippen LogP contribution in [0.3, 0.4) is 0 Å². The first-order chi connectivity index (χ1) is 12.1. The topological polar surface area (TPSA) is 59.0 Å². The lowest BCUT2D eigenvalue weighted by molar-refractivity contribution is 0.0929. The number of pyridine rings is 1. The predicted octanol–water partition coefficient (Wildman–Crippen LogP) is 4.34. The summed E-state index contributed by atoms with van der Waals surface area (Å²) in [5.41, 5.74) is 3.80. The van der Waals surface area contributed by atoms with Gasteiger partial charge in [0.05, 0.1) is 21.4 Å². The zero-order valence-corrected chi connectivity index (χ0v) is 14.6. The summed E-state index contributed by atoms with van der Waals surface area (Å²) in [5.74, 6) is -0.118. The molecule has 3 heterocycles. The molecule has 0 saturated carbocycles. The minimum atomic E-state index is -0.118. The van der Waals surface area contributed by atoms with Gasteiger partial charge in [-0.05, 0) is 29.8 Å². The maximum atomic E-state index is 12.4. The number of carbonyl (C=O) groups excluding carboxylic acids is 1. The molecule has 126 valence electrons. The molecule has 0 bridgehead atoms. The Balaban J connectivity index is 1.89. The first-order valence-corrected chi connectivity index (χ1v) is 8.53. The molecule has 5 nitrogen and oxygen atoms in total. The third kappa shape index (κ3) is 2.86. The highest BCUT2D eigenvalue weighted by molar-refractivity contribution is 6.43. The molecule has 0 spiro atoms. The van der Waals surface area contributed by atoms with E-state index in [0.29, 0.717) is 40.2 Å². The summed E-state index contributed by atoms with van der Waals surface area (Å²) in [7, 11) is 0. The number of nitrogens with zero attached hydrogens (tertiary/aromatic N) is 2.